The number of hydrogen-bond donors (Lipinski definition) is 2. The molecule has 0 aliphatic heterocycles. The molecule has 1 heterocycles. The van der Waals surface area contributed by atoms with Crippen LogP contribution in [0.1, 0.15) is 41.9 Å². The summed E-state index contributed by atoms with van der Waals surface area (Å²) in [5.41, 5.74) is 1.69. The zero-order chi connectivity index (χ0) is 17.2. The summed E-state index contributed by atoms with van der Waals surface area (Å²) in [4.78, 5) is 23.8. The normalized spacial score (nSPS) is 13.4. The Morgan fingerprint density at radius 2 is 2.04 bits per heavy atom. The van der Waals surface area contributed by atoms with Crippen molar-refractivity contribution in [1.82, 2.24) is 15.1 Å². The third kappa shape index (κ3) is 3.26. The molecule has 0 aliphatic carbocycles. The number of nitrogens with one attached hydrogen (secondary N) is 1. The van der Waals surface area contributed by atoms with Gasteiger partial charge in [-0.1, -0.05) is 19.1 Å². The first-order valence-electron chi connectivity index (χ1n) is 7.46. The number of aliphatic carboxylic acids is 1. The molecule has 0 bridgehead atoms. The van der Waals surface area contributed by atoms with Crippen LogP contribution in [0.15, 0.2) is 30.5 Å². The van der Waals surface area contributed by atoms with Crippen LogP contribution in [0.5, 0.6) is 0 Å². The Balaban J connectivity index is 2.32. The van der Waals surface area contributed by atoms with E-state index in [0.717, 1.165) is 11.3 Å². The number of aromatic nitrogens is 2. The summed E-state index contributed by atoms with van der Waals surface area (Å²) in [5, 5.41) is 16.1. The fourth-order valence-electron chi connectivity index (χ4n) is 2.26. The summed E-state index contributed by atoms with van der Waals surface area (Å²) in [6, 6.07) is 7.77. The number of carboxylic acids is 1. The van der Waals surface area contributed by atoms with Crippen molar-refractivity contribution < 1.29 is 14.7 Å². The molecule has 0 saturated heterocycles. The highest BCUT2D eigenvalue weighted by Crippen LogP contribution is 2.17. The van der Waals surface area contributed by atoms with Gasteiger partial charge in [0.25, 0.3) is 5.91 Å². The molecule has 122 valence electrons. The number of rotatable bonds is 5. The van der Waals surface area contributed by atoms with Gasteiger partial charge in [-0.05, 0) is 44.9 Å². The molecule has 6 heteroatoms. The lowest BCUT2D eigenvalue weighted by Crippen LogP contribution is -2.51. The summed E-state index contributed by atoms with van der Waals surface area (Å²) >= 11 is 0. The molecule has 1 aromatic carbocycles. The van der Waals surface area contributed by atoms with E-state index in [-0.39, 0.29) is 0 Å². The largest absolute Gasteiger partial charge is 0.480 e. The second kappa shape index (κ2) is 6.24. The van der Waals surface area contributed by atoms with Gasteiger partial charge in [-0.3, -0.25) is 4.79 Å². The highest BCUT2D eigenvalue weighted by Gasteiger charge is 2.33. The first-order chi connectivity index (χ1) is 10.8. The molecule has 1 aromatic heterocycles. The monoisotopic (exact) mass is 315 g/mol. The lowest BCUT2D eigenvalue weighted by Gasteiger charge is -2.24. The van der Waals surface area contributed by atoms with Crippen LogP contribution in [0.2, 0.25) is 0 Å². The molecule has 0 aliphatic rings. The molecule has 0 saturated carbocycles. The average Bonchev–Trinajstić information content (AvgIpc) is 2.88. The van der Waals surface area contributed by atoms with Gasteiger partial charge in [0.05, 0.1) is 23.1 Å². The molecule has 1 unspecified atom stereocenters. The Hall–Kier alpha value is -2.63. The molecule has 0 fully saturated rings. The van der Waals surface area contributed by atoms with Crippen LogP contribution in [0, 0.1) is 13.8 Å². The highest BCUT2D eigenvalue weighted by atomic mass is 16.4. The lowest BCUT2D eigenvalue weighted by molar-refractivity contribution is -0.143. The van der Waals surface area contributed by atoms with Crippen LogP contribution in [-0.4, -0.2) is 32.3 Å². The number of nitrogens with zero attached hydrogens (tertiary/aromatic N) is 2. The van der Waals surface area contributed by atoms with Gasteiger partial charge in [0.2, 0.25) is 0 Å². The third-order valence-electron chi connectivity index (χ3n) is 4.07. The fraction of sp³-hybridized carbons (Fsp3) is 0.353. The Labute approximate surface area is 135 Å². The number of aryl methyl sites for hydroxylation is 1. The van der Waals surface area contributed by atoms with Crippen LogP contribution in [-0.2, 0) is 4.79 Å². The zero-order valence-electron chi connectivity index (χ0n) is 13.8. The molecule has 0 radical (unpaired) electrons. The molecule has 1 atom stereocenters. The maximum atomic E-state index is 12.4. The van der Waals surface area contributed by atoms with E-state index in [9.17, 15) is 14.7 Å². The van der Waals surface area contributed by atoms with Crippen molar-refractivity contribution in [3.63, 3.8) is 0 Å². The van der Waals surface area contributed by atoms with Crippen molar-refractivity contribution in [2.45, 2.75) is 39.7 Å². The van der Waals surface area contributed by atoms with E-state index in [0.29, 0.717) is 17.7 Å². The maximum Gasteiger partial charge on any atom is 0.329 e. The molecular formula is C17H21N3O3. The number of carbonyl (C=O) groups excluding carboxylic acids is 1. The van der Waals surface area contributed by atoms with Gasteiger partial charge < -0.3 is 10.4 Å². The van der Waals surface area contributed by atoms with Gasteiger partial charge in [0, 0.05) is 0 Å². The van der Waals surface area contributed by atoms with E-state index >= 15 is 0 Å². The van der Waals surface area contributed by atoms with E-state index in [1.54, 1.807) is 18.5 Å². The van der Waals surface area contributed by atoms with Crippen molar-refractivity contribution >= 4 is 11.9 Å². The number of hydrogen-bond acceptors (Lipinski definition) is 3. The SMILES string of the molecule is CCC(C)(NC(=O)c1cnn(-c2cccc(C)c2)c1C)C(=O)O. The standard InChI is InChI=1S/C17H21N3O3/c1-5-17(4,16(22)23)19-15(21)14-10-18-20(12(14)3)13-8-6-7-11(2)9-13/h6-10H,5H2,1-4H3,(H,19,21)(H,22,23). The molecule has 23 heavy (non-hydrogen) atoms. The van der Waals surface area contributed by atoms with Crippen LogP contribution in [0.25, 0.3) is 5.69 Å². The summed E-state index contributed by atoms with van der Waals surface area (Å²) in [5.74, 6) is -1.50. The average molecular weight is 315 g/mol. The van der Waals surface area contributed by atoms with E-state index in [4.69, 9.17) is 0 Å². The van der Waals surface area contributed by atoms with Crippen molar-refractivity contribution in [3.05, 3.63) is 47.3 Å². The number of benzene rings is 1. The summed E-state index contributed by atoms with van der Waals surface area (Å²) in [6.07, 6.45) is 1.75. The Kier molecular flexibility index (Phi) is 4.54. The zero-order valence-corrected chi connectivity index (χ0v) is 13.8. The smallest absolute Gasteiger partial charge is 0.329 e. The fourth-order valence-corrected chi connectivity index (χ4v) is 2.26. The van der Waals surface area contributed by atoms with Gasteiger partial charge in [-0.15, -0.1) is 0 Å². The van der Waals surface area contributed by atoms with Crippen LogP contribution >= 0.6 is 0 Å². The molecule has 2 N–H and O–H groups in total. The van der Waals surface area contributed by atoms with Crippen molar-refractivity contribution in [2.75, 3.05) is 0 Å². The summed E-state index contributed by atoms with van der Waals surface area (Å²) in [6.45, 7) is 6.98. The highest BCUT2D eigenvalue weighted by molar-refractivity contribution is 5.98. The first kappa shape index (κ1) is 16.7. The topological polar surface area (TPSA) is 84.2 Å². The van der Waals surface area contributed by atoms with Crippen LogP contribution in [0.3, 0.4) is 0 Å². The quantitative estimate of drug-likeness (QED) is 0.887. The van der Waals surface area contributed by atoms with E-state index in [1.807, 2.05) is 31.2 Å². The second-order valence-corrected chi connectivity index (χ2v) is 5.84. The lowest BCUT2D eigenvalue weighted by atomic mass is 9.98. The van der Waals surface area contributed by atoms with Gasteiger partial charge in [0.15, 0.2) is 0 Å². The van der Waals surface area contributed by atoms with Crippen molar-refractivity contribution in [2.24, 2.45) is 0 Å². The maximum absolute atomic E-state index is 12.4. The van der Waals surface area contributed by atoms with Gasteiger partial charge >= 0.3 is 5.97 Å². The molecule has 2 aromatic rings. The number of carbonyl (C=O) groups is 2. The van der Waals surface area contributed by atoms with Gasteiger partial charge in [0.1, 0.15) is 5.54 Å². The van der Waals surface area contributed by atoms with Crippen molar-refractivity contribution in [3.8, 4) is 5.69 Å². The van der Waals surface area contributed by atoms with Crippen molar-refractivity contribution in [1.29, 1.82) is 0 Å². The Morgan fingerprint density at radius 3 is 2.61 bits per heavy atom. The molecule has 6 nitrogen and oxygen atoms in total. The first-order valence-corrected chi connectivity index (χ1v) is 7.46. The van der Waals surface area contributed by atoms with E-state index in [2.05, 4.69) is 10.4 Å². The number of amides is 1. The minimum Gasteiger partial charge on any atom is -0.480 e. The predicted molar refractivity (Wildman–Crippen MR) is 86.8 cm³/mol. The minimum atomic E-state index is -1.30. The third-order valence-corrected chi connectivity index (χ3v) is 4.07. The van der Waals surface area contributed by atoms with Crippen LogP contribution < -0.4 is 5.32 Å². The number of carboxylic acid groups (broad SMARTS) is 1. The molecule has 0 spiro atoms. The van der Waals surface area contributed by atoms with Crippen LogP contribution in [0.4, 0.5) is 0 Å². The molecule has 2 rings (SSSR count). The van der Waals surface area contributed by atoms with Gasteiger partial charge in [-0.2, -0.15) is 5.10 Å². The predicted octanol–water partition coefficient (Wildman–Crippen LogP) is 2.47. The Morgan fingerprint density at radius 1 is 1.35 bits per heavy atom. The molecular weight excluding hydrogens is 294 g/mol. The Bertz CT molecular complexity index is 751. The minimum absolute atomic E-state index is 0.291. The van der Waals surface area contributed by atoms with E-state index < -0.39 is 17.4 Å². The summed E-state index contributed by atoms with van der Waals surface area (Å²) in [7, 11) is 0. The molecule has 1 amide bonds. The van der Waals surface area contributed by atoms with Gasteiger partial charge in [-0.25, -0.2) is 9.48 Å². The summed E-state index contributed by atoms with van der Waals surface area (Å²) < 4.78 is 1.67. The van der Waals surface area contributed by atoms with E-state index in [1.165, 1.54) is 13.1 Å². The second-order valence-electron chi connectivity index (χ2n) is 5.84.